The molecule has 0 aliphatic heterocycles. The molecule has 0 rings (SSSR count). The molecule has 0 saturated heterocycles. The second-order valence-electron chi connectivity index (χ2n) is 1.90. The summed E-state index contributed by atoms with van der Waals surface area (Å²) < 4.78 is 31.6. The smallest absolute Gasteiger partial charge is 0.195 e. The van der Waals surface area contributed by atoms with Crippen LogP contribution in [0.1, 0.15) is 12.8 Å². The summed E-state index contributed by atoms with van der Waals surface area (Å²) in [6, 6.07) is 0. The summed E-state index contributed by atoms with van der Waals surface area (Å²) in [5, 5.41) is 3.15. The van der Waals surface area contributed by atoms with Crippen LogP contribution in [-0.4, -0.2) is 20.7 Å². The van der Waals surface area contributed by atoms with Crippen LogP contribution in [0.5, 0.6) is 0 Å². The maximum Gasteiger partial charge on any atom is 0.302 e. The number of azide groups is 1. The third-order valence-corrected chi connectivity index (χ3v) is 1.74. The Morgan fingerprint density at radius 1 is 1.45 bits per heavy atom. The van der Waals surface area contributed by atoms with E-state index >= 15 is 0 Å². The Kier molecular flexibility index (Phi) is 4.56. The third-order valence-electron chi connectivity index (χ3n) is 0.960. The highest BCUT2D eigenvalue weighted by atomic mass is 32.3. The van der Waals surface area contributed by atoms with Crippen LogP contribution in [0.3, 0.4) is 0 Å². The van der Waals surface area contributed by atoms with Gasteiger partial charge in [-0.1, -0.05) is 5.11 Å². The molecule has 0 amide bonds. The zero-order valence-corrected chi connectivity index (χ0v) is 6.59. The Hall–Kier alpha value is -0.810. The minimum Gasteiger partial charge on any atom is -0.195 e. The second kappa shape index (κ2) is 4.92. The monoisotopic (exact) mass is 181 g/mol. The van der Waals surface area contributed by atoms with Crippen molar-refractivity contribution in [2.45, 2.75) is 12.8 Å². The van der Waals surface area contributed by atoms with E-state index < -0.39 is 16.0 Å². The van der Waals surface area contributed by atoms with Crippen LogP contribution in [-0.2, 0) is 10.2 Å². The van der Waals surface area contributed by atoms with Crippen molar-refractivity contribution in [1.82, 2.24) is 0 Å². The molecule has 0 saturated carbocycles. The van der Waals surface area contributed by atoms with Crippen molar-refractivity contribution >= 4 is 10.2 Å². The molecule has 0 spiro atoms. The molecule has 0 bridgehead atoms. The minimum atomic E-state index is -4.35. The van der Waals surface area contributed by atoms with Gasteiger partial charge in [-0.2, -0.15) is 8.42 Å². The standard InChI is InChI=1S/C4H8FN3O2S/c5-11(9,10)4-2-1-3-7-8-6/h1-4H2. The molecule has 0 fully saturated rings. The number of unbranched alkanes of at least 4 members (excludes halogenated alkanes) is 1. The Bertz CT molecular complexity index is 244. The molecule has 0 N–H and O–H groups in total. The largest absolute Gasteiger partial charge is 0.302 e. The third kappa shape index (κ3) is 9.19. The summed E-state index contributed by atoms with van der Waals surface area (Å²) in [5.74, 6) is -0.492. The molecule has 0 aromatic carbocycles. The van der Waals surface area contributed by atoms with Gasteiger partial charge in [-0.25, -0.2) is 0 Å². The highest BCUT2D eigenvalue weighted by Crippen LogP contribution is 1.97. The quantitative estimate of drug-likeness (QED) is 0.211. The summed E-state index contributed by atoms with van der Waals surface area (Å²) in [4.78, 5) is 2.45. The Morgan fingerprint density at radius 3 is 2.55 bits per heavy atom. The molecule has 64 valence electrons. The van der Waals surface area contributed by atoms with Gasteiger partial charge < -0.3 is 0 Å². The van der Waals surface area contributed by atoms with Crippen molar-refractivity contribution in [2.24, 2.45) is 5.11 Å². The molecular formula is C4H8FN3O2S. The first-order chi connectivity index (χ1) is 5.06. The van der Waals surface area contributed by atoms with Crippen molar-refractivity contribution in [3.63, 3.8) is 0 Å². The van der Waals surface area contributed by atoms with E-state index in [1.807, 2.05) is 0 Å². The number of hydrogen-bond acceptors (Lipinski definition) is 3. The highest BCUT2D eigenvalue weighted by molar-refractivity contribution is 7.86. The maximum absolute atomic E-state index is 11.8. The fourth-order valence-corrected chi connectivity index (χ4v) is 1.05. The number of nitrogens with zero attached hydrogens (tertiary/aromatic N) is 3. The lowest BCUT2D eigenvalue weighted by Gasteiger charge is -1.91. The van der Waals surface area contributed by atoms with Crippen molar-refractivity contribution in [2.75, 3.05) is 12.3 Å². The number of rotatable bonds is 5. The first kappa shape index (κ1) is 10.2. The van der Waals surface area contributed by atoms with E-state index in [1.165, 1.54) is 0 Å². The molecular weight excluding hydrogens is 173 g/mol. The fourth-order valence-electron chi connectivity index (χ4n) is 0.502. The average molecular weight is 181 g/mol. The second-order valence-corrected chi connectivity index (χ2v) is 3.39. The van der Waals surface area contributed by atoms with Gasteiger partial charge in [-0.15, -0.1) is 3.89 Å². The molecule has 0 aliphatic rings. The molecule has 11 heavy (non-hydrogen) atoms. The molecule has 0 aromatic heterocycles. The molecule has 7 heteroatoms. The molecule has 0 aliphatic carbocycles. The van der Waals surface area contributed by atoms with E-state index in [4.69, 9.17) is 5.53 Å². The molecule has 5 nitrogen and oxygen atoms in total. The van der Waals surface area contributed by atoms with Crippen LogP contribution >= 0.6 is 0 Å². The van der Waals surface area contributed by atoms with Gasteiger partial charge in [0.15, 0.2) is 0 Å². The lowest BCUT2D eigenvalue weighted by molar-refractivity contribution is 0.548. The van der Waals surface area contributed by atoms with Crippen LogP contribution in [0.4, 0.5) is 3.89 Å². The summed E-state index contributed by atoms with van der Waals surface area (Å²) >= 11 is 0. The number of halogens is 1. The van der Waals surface area contributed by atoms with Crippen molar-refractivity contribution < 1.29 is 12.3 Å². The molecule has 0 aromatic rings. The van der Waals surface area contributed by atoms with Crippen molar-refractivity contribution in [1.29, 1.82) is 0 Å². The fraction of sp³-hybridized carbons (Fsp3) is 1.00. The van der Waals surface area contributed by atoms with Gasteiger partial charge in [-0.05, 0) is 18.4 Å². The van der Waals surface area contributed by atoms with E-state index in [2.05, 4.69) is 10.0 Å². The van der Waals surface area contributed by atoms with Gasteiger partial charge in [0, 0.05) is 11.5 Å². The minimum absolute atomic E-state index is 0.192. The Labute approximate surface area is 64.1 Å². The summed E-state index contributed by atoms with van der Waals surface area (Å²) in [6.45, 7) is 0.214. The van der Waals surface area contributed by atoms with Gasteiger partial charge >= 0.3 is 10.2 Å². The molecule has 0 atom stereocenters. The summed E-state index contributed by atoms with van der Waals surface area (Å²) in [6.07, 6.45) is 0.588. The van der Waals surface area contributed by atoms with E-state index in [9.17, 15) is 12.3 Å². The van der Waals surface area contributed by atoms with Crippen molar-refractivity contribution in [3.05, 3.63) is 10.4 Å². The average Bonchev–Trinajstić information content (AvgIpc) is 1.85. The van der Waals surface area contributed by atoms with Gasteiger partial charge in [0.05, 0.1) is 5.75 Å². The van der Waals surface area contributed by atoms with Gasteiger partial charge in [-0.3, -0.25) is 0 Å². The zero-order chi connectivity index (χ0) is 8.74. The summed E-state index contributed by atoms with van der Waals surface area (Å²) in [5.41, 5.74) is 7.79. The van der Waals surface area contributed by atoms with Crippen LogP contribution in [0.2, 0.25) is 0 Å². The van der Waals surface area contributed by atoms with E-state index in [1.54, 1.807) is 0 Å². The van der Waals surface area contributed by atoms with Crippen LogP contribution in [0.15, 0.2) is 5.11 Å². The zero-order valence-electron chi connectivity index (χ0n) is 5.77. The molecule has 0 unspecified atom stereocenters. The van der Waals surface area contributed by atoms with E-state index in [0.29, 0.717) is 6.42 Å². The van der Waals surface area contributed by atoms with Crippen LogP contribution in [0, 0.1) is 0 Å². The van der Waals surface area contributed by atoms with Crippen molar-refractivity contribution in [3.8, 4) is 0 Å². The predicted molar refractivity (Wildman–Crippen MR) is 38.1 cm³/mol. The predicted octanol–water partition coefficient (Wildman–Crippen LogP) is 1.38. The molecule has 0 heterocycles. The van der Waals surface area contributed by atoms with Gasteiger partial charge in [0.2, 0.25) is 0 Å². The highest BCUT2D eigenvalue weighted by Gasteiger charge is 2.04. The Morgan fingerprint density at radius 2 is 2.09 bits per heavy atom. The summed E-state index contributed by atoms with van der Waals surface area (Å²) in [7, 11) is -4.35. The lowest BCUT2D eigenvalue weighted by atomic mass is 10.3. The normalized spacial score (nSPS) is 10.6. The van der Waals surface area contributed by atoms with Gasteiger partial charge in [0.25, 0.3) is 0 Å². The Balaban J connectivity index is 3.36. The maximum atomic E-state index is 11.8. The molecule has 0 radical (unpaired) electrons. The van der Waals surface area contributed by atoms with Crippen LogP contribution < -0.4 is 0 Å². The van der Waals surface area contributed by atoms with E-state index in [0.717, 1.165) is 0 Å². The van der Waals surface area contributed by atoms with E-state index in [-0.39, 0.29) is 13.0 Å². The van der Waals surface area contributed by atoms with Crippen LogP contribution in [0.25, 0.3) is 10.4 Å². The first-order valence-corrected chi connectivity index (χ1v) is 4.55. The lowest BCUT2D eigenvalue weighted by Crippen LogP contribution is -1.98. The topological polar surface area (TPSA) is 82.9 Å². The van der Waals surface area contributed by atoms with Gasteiger partial charge in [0.1, 0.15) is 0 Å². The SMILES string of the molecule is [N-]=[N+]=NCCCCS(=O)(=O)F. The first-order valence-electron chi connectivity index (χ1n) is 2.99. The number of hydrogen-bond donors (Lipinski definition) is 0.